The highest BCUT2D eigenvalue weighted by molar-refractivity contribution is 9.09. The second-order valence-electron chi connectivity index (χ2n) is 4.70. The maximum atomic E-state index is 12.8. The summed E-state index contributed by atoms with van der Waals surface area (Å²) in [7, 11) is 0. The van der Waals surface area contributed by atoms with Gasteiger partial charge in [-0.3, -0.25) is 0 Å². The molecule has 1 nitrogen and oxygen atoms in total. The largest absolute Gasteiger partial charge is 0.490 e. The molecule has 2 unspecified atom stereocenters. The van der Waals surface area contributed by atoms with Crippen LogP contribution < -0.4 is 4.74 Å². The van der Waals surface area contributed by atoms with Gasteiger partial charge in [0.15, 0.2) is 0 Å². The molecule has 2 atom stereocenters. The molecular formula is C14H18BrFO. The molecule has 0 saturated heterocycles. The molecule has 1 aliphatic rings. The Balaban J connectivity index is 2.07. The van der Waals surface area contributed by atoms with Gasteiger partial charge in [0.2, 0.25) is 0 Å². The van der Waals surface area contributed by atoms with Gasteiger partial charge in [0, 0.05) is 10.2 Å². The molecule has 0 aliphatic heterocycles. The fraction of sp³-hybridized carbons (Fsp3) is 0.571. The number of hydrogen-bond donors (Lipinski definition) is 0. The predicted octanol–water partition coefficient (Wildman–Crippen LogP) is 4.55. The van der Waals surface area contributed by atoms with E-state index in [9.17, 15) is 4.39 Å². The van der Waals surface area contributed by atoms with Crippen molar-refractivity contribution in [3.63, 3.8) is 0 Å². The minimum absolute atomic E-state index is 0.221. The molecule has 0 aromatic heterocycles. The molecule has 0 spiro atoms. The summed E-state index contributed by atoms with van der Waals surface area (Å²) in [4.78, 5) is 0.537. The molecule has 2 rings (SSSR count). The van der Waals surface area contributed by atoms with Crippen LogP contribution in [-0.2, 0) is 0 Å². The Morgan fingerprint density at radius 1 is 1.29 bits per heavy atom. The summed E-state index contributed by atoms with van der Waals surface area (Å²) in [5.41, 5.74) is 0.231. The third kappa shape index (κ3) is 2.22. The number of halogens is 2. The Morgan fingerprint density at radius 2 is 1.88 bits per heavy atom. The monoisotopic (exact) mass is 300 g/mol. The Morgan fingerprint density at radius 3 is 2.35 bits per heavy atom. The van der Waals surface area contributed by atoms with Crippen molar-refractivity contribution in [3.8, 4) is 5.75 Å². The van der Waals surface area contributed by atoms with E-state index in [0.717, 1.165) is 25.0 Å². The minimum atomic E-state index is -0.221. The standard InChI is InChI=1S/C14H18BrFO/c1-3-14(4-2)12(15)9-13(14)17-11-7-5-10(16)6-8-11/h5-8,12-13H,3-4,9H2,1-2H3. The second kappa shape index (κ2) is 4.97. The molecule has 17 heavy (non-hydrogen) atoms. The quantitative estimate of drug-likeness (QED) is 0.742. The third-order valence-electron chi connectivity index (χ3n) is 4.09. The van der Waals surface area contributed by atoms with Gasteiger partial charge in [0.1, 0.15) is 17.7 Å². The topological polar surface area (TPSA) is 9.23 Å². The highest BCUT2D eigenvalue weighted by Gasteiger charge is 2.53. The van der Waals surface area contributed by atoms with E-state index >= 15 is 0 Å². The summed E-state index contributed by atoms with van der Waals surface area (Å²) in [6.45, 7) is 4.41. The Labute approximate surface area is 110 Å². The van der Waals surface area contributed by atoms with Gasteiger partial charge in [-0.25, -0.2) is 4.39 Å². The van der Waals surface area contributed by atoms with E-state index in [1.807, 2.05) is 0 Å². The maximum absolute atomic E-state index is 12.8. The number of hydrogen-bond acceptors (Lipinski definition) is 1. The third-order valence-corrected chi connectivity index (χ3v) is 5.38. The van der Waals surface area contributed by atoms with E-state index < -0.39 is 0 Å². The summed E-state index contributed by atoms with van der Waals surface area (Å²) in [6, 6.07) is 6.29. The predicted molar refractivity (Wildman–Crippen MR) is 71.2 cm³/mol. The van der Waals surface area contributed by atoms with Crippen molar-refractivity contribution in [1.29, 1.82) is 0 Å². The van der Waals surface area contributed by atoms with Crippen molar-refractivity contribution in [1.82, 2.24) is 0 Å². The maximum Gasteiger partial charge on any atom is 0.123 e. The van der Waals surface area contributed by atoms with Crippen molar-refractivity contribution in [2.45, 2.75) is 44.0 Å². The van der Waals surface area contributed by atoms with Crippen molar-refractivity contribution < 1.29 is 9.13 Å². The molecule has 1 saturated carbocycles. The van der Waals surface area contributed by atoms with Gasteiger partial charge in [0.05, 0.1) is 0 Å². The summed E-state index contributed by atoms with van der Waals surface area (Å²) in [6.07, 6.45) is 3.47. The average Bonchev–Trinajstić information content (AvgIpc) is 2.33. The SMILES string of the molecule is CCC1(CC)C(Br)CC1Oc1ccc(F)cc1. The molecule has 1 aliphatic carbocycles. The molecule has 3 heteroatoms. The number of ether oxygens (including phenoxy) is 1. The van der Waals surface area contributed by atoms with Crippen molar-refractivity contribution in [3.05, 3.63) is 30.1 Å². The fourth-order valence-corrected chi connectivity index (χ4v) is 3.97. The van der Waals surface area contributed by atoms with Crippen LogP contribution in [0, 0.1) is 11.2 Å². The van der Waals surface area contributed by atoms with Crippen LogP contribution in [0.5, 0.6) is 5.75 Å². The Kier molecular flexibility index (Phi) is 3.76. The lowest BCUT2D eigenvalue weighted by Crippen LogP contribution is -2.56. The zero-order chi connectivity index (χ0) is 12.5. The fourth-order valence-electron chi connectivity index (χ4n) is 2.69. The van der Waals surface area contributed by atoms with Gasteiger partial charge in [0.25, 0.3) is 0 Å². The van der Waals surface area contributed by atoms with E-state index in [-0.39, 0.29) is 17.3 Å². The van der Waals surface area contributed by atoms with Gasteiger partial charge < -0.3 is 4.74 Å². The van der Waals surface area contributed by atoms with Crippen LogP contribution in [0.25, 0.3) is 0 Å². The normalized spacial score (nSPS) is 26.4. The average molecular weight is 301 g/mol. The molecule has 1 fully saturated rings. The first-order chi connectivity index (χ1) is 8.12. The summed E-state index contributed by atoms with van der Waals surface area (Å²) in [5.74, 6) is 0.545. The first-order valence-corrected chi connectivity index (χ1v) is 7.10. The molecule has 0 amide bonds. The lowest BCUT2D eigenvalue weighted by atomic mass is 9.62. The summed E-state index contributed by atoms with van der Waals surface area (Å²) in [5, 5.41) is 0. The van der Waals surface area contributed by atoms with Crippen molar-refractivity contribution >= 4 is 15.9 Å². The van der Waals surface area contributed by atoms with Gasteiger partial charge in [-0.15, -0.1) is 0 Å². The van der Waals surface area contributed by atoms with Crippen LogP contribution in [0.2, 0.25) is 0 Å². The van der Waals surface area contributed by atoms with E-state index in [2.05, 4.69) is 29.8 Å². The lowest BCUT2D eigenvalue weighted by molar-refractivity contribution is -0.0411. The number of rotatable bonds is 4. The summed E-state index contributed by atoms with van der Waals surface area (Å²) < 4.78 is 18.8. The van der Waals surface area contributed by atoms with Crippen LogP contribution >= 0.6 is 15.9 Å². The zero-order valence-electron chi connectivity index (χ0n) is 10.2. The van der Waals surface area contributed by atoms with Crippen molar-refractivity contribution in [2.24, 2.45) is 5.41 Å². The highest BCUT2D eigenvalue weighted by atomic mass is 79.9. The molecule has 1 aromatic carbocycles. The molecule has 0 bridgehead atoms. The molecule has 1 aromatic rings. The zero-order valence-corrected chi connectivity index (χ0v) is 11.8. The van der Waals surface area contributed by atoms with Gasteiger partial charge in [-0.05, 0) is 43.5 Å². The molecule has 94 valence electrons. The Bertz CT molecular complexity index is 372. The lowest BCUT2D eigenvalue weighted by Gasteiger charge is -2.52. The molecule has 0 radical (unpaired) electrons. The van der Waals surface area contributed by atoms with Crippen LogP contribution in [0.3, 0.4) is 0 Å². The molecule has 0 heterocycles. The first-order valence-electron chi connectivity index (χ1n) is 6.18. The van der Waals surface area contributed by atoms with Crippen LogP contribution in [0.4, 0.5) is 4.39 Å². The van der Waals surface area contributed by atoms with E-state index in [4.69, 9.17) is 4.74 Å². The van der Waals surface area contributed by atoms with Gasteiger partial charge in [-0.2, -0.15) is 0 Å². The van der Waals surface area contributed by atoms with E-state index in [1.54, 1.807) is 12.1 Å². The molecule has 0 N–H and O–H groups in total. The minimum Gasteiger partial charge on any atom is -0.490 e. The van der Waals surface area contributed by atoms with Gasteiger partial charge >= 0.3 is 0 Å². The van der Waals surface area contributed by atoms with Crippen molar-refractivity contribution in [2.75, 3.05) is 0 Å². The van der Waals surface area contributed by atoms with E-state index in [1.165, 1.54) is 12.1 Å². The number of benzene rings is 1. The van der Waals surface area contributed by atoms with Crippen LogP contribution in [0.15, 0.2) is 24.3 Å². The van der Waals surface area contributed by atoms with Gasteiger partial charge in [-0.1, -0.05) is 29.8 Å². The van der Waals surface area contributed by atoms with E-state index in [0.29, 0.717) is 4.83 Å². The summed E-state index contributed by atoms with van der Waals surface area (Å²) >= 11 is 3.73. The van der Waals surface area contributed by atoms with Crippen LogP contribution in [0.1, 0.15) is 33.1 Å². The van der Waals surface area contributed by atoms with Crippen LogP contribution in [-0.4, -0.2) is 10.9 Å². The second-order valence-corrected chi connectivity index (χ2v) is 5.81. The highest BCUT2D eigenvalue weighted by Crippen LogP contribution is 2.52. The molecular weight excluding hydrogens is 283 g/mol. The smallest absolute Gasteiger partial charge is 0.123 e. The first kappa shape index (κ1) is 12.9. The number of alkyl halides is 1. The Hall–Kier alpha value is -0.570.